The normalized spacial score (nSPS) is 18.7. The fraction of sp³-hybridized carbons (Fsp3) is 1.00. The fourth-order valence-corrected chi connectivity index (χ4v) is 1.84. The number of aliphatic hydroxyl groups is 2. The average Bonchev–Trinajstić information content (AvgIpc) is 2.10. The summed E-state index contributed by atoms with van der Waals surface area (Å²) in [6.45, 7) is 2.14. The highest BCUT2D eigenvalue weighted by atomic mass is 16.3. The molecule has 0 aliphatic heterocycles. The molecule has 0 radical (unpaired) electrons. The lowest BCUT2D eigenvalue weighted by Crippen LogP contribution is -2.57. The van der Waals surface area contributed by atoms with Crippen LogP contribution in [0.25, 0.3) is 0 Å². The molecule has 0 spiro atoms. The van der Waals surface area contributed by atoms with Gasteiger partial charge < -0.3 is 15.5 Å². The van der Waals surface area contributed by atoms with E-state index in [0.717, 1.165) is 12.8 Å². The Morgan fingerprint density at radius 1 is 1.31 bits per heavy atom. The van der Waals surface area contributed by atoms with E-state index in [-0.39, 0.29) is 13.2 Å². The summed E-state index contributed by atoms with van der Waals surface area (Å²) in [5.41, 5.74) is -0.431. The van der Waals surface area contributed by atoms with Crippen molar-refractivity contribution in [2.24, 2.45) is 0 Å². The first-order chi connectivity index (χ1) is 6.26. The summed E-state index contributed by atoms with van der Waals surface area (Å²) in [6, 6.07) is 0.519. The third kappa shape index (κ3) is 2.66. The monoisotopic (exact) mass is 187 g/mol. The zero-order valence-electron chi connectivity index (χ0n) is 8.42. The highest BCUT2D eigenvalue weighted by Gasteiger charge is 2.32. The molecular formula is C10H21NO2. The molecule has 0 saturated heterocycles. The minimum atomic E-state index is -0.431. The van der Waals surface area contributed by atoms with E-state index in [0.29, 0.717) is 6.04 Å². The maximum atomic E-state index is 9.25. The van der Waals surface area contributed by atoms with Gasteiger partial charge in [-0.2, -0.15) is 0 Å². The van der Waals surface area contributed by atoms with E-state index in [2.05, 4.69) is 12.2 Å². The van der Waals surface area contributed by atoms with E-state index >= 15 is 0 Å². The van der Waals surface area contributed by atoms with Gasteiger partial charge >= 0.3 is 0 Å². The van der Waals surface area contributed by atoms with Crippen LogP contribution in [0.15, 0.2) is 0 Å². The van der Waals surface area contributed by atoms with Gasteiger partial charge in [0.05, 0.1) is 18.8 Å². The van der Waals surface area contributed by atoms with Crippen molar-refractivity contribution in [2.75, 3.05) is 13.2 Å². The number of hydrogen-bond acceptors (Lipinski definition) is 3. The van der Waals surface area contributed by atoms with Crippen molar-refractivity contribution in [1.82, 2.24) is 5.32 Å². The molecule has 3 heteroatoms. The van der Waals surface area contributed by atoms with Gasteiger partial charge in [0.15, 0.2) is 0 Å². The summed E-state index contributed by atoms with van der Waals surface area (Å²) in [5.74, 6) is 0. The van der Waals surface area contributed by atoms with Crippen molar-refractivity contribution in [3.8, 4) is 0 Å². The molecule has 0 heterocycles. The van der Waals surface area contributed by atoms with Gasteiger partial charge in [-0.1, -0.05) is 19.8 Å². The third-order valence-corrected chi connectivity index (χ3v) is 2.95. The van der Waals surface area contributed by atoms with Crippen LogP contribution < -0.4 is 5.32 Å². The van der Waals surface area contributed by atoms with Crippen molar-refractivity contribution < 1.29 is 10.2 Å². The second kappa shape index (κ2) is 4.94. The van der Waals surface area contributed by atoms with Crippen molar-refractivity contribution in [3.63, 3.8) is 0 Å². The Hall–Kier alpha value is -0.120. The van der Waals surface area contributed by atoms with Gasteiger partial charge in [0.1, 0.15) is 0 Å². The molecule has 1 saturated carbocycles. The standard InChI is InChI=1S/C10H21NO2/c1-2-6-10(7-12,8-13)11-9-4-3-5-9/h9,11-13H,2-8H2,1H3. The van der Waals surface area contributed by atoms with Crippen LogP contribution in [0.3, 0.4) is 0 Å². The first-order valence-corrected chi connectivity index (χ1v) is 5.26. The Kier molecular flexibility index (Phi) is 4.16. The van der Waals surface area contributed by atoms with Gasteiger partial charge in [0.2, 0.25) is 0 Å². The molecule has 0 aromatic carbocycles. The highest BCUT2D eigenvalue weighted by molar-refractivity contribution is 4.92. The Morgan fingerprint density at radius 3 is 2.23 bits per heavy atom. The summed E-state index contributed by atoms with van der Waals surface area (Å²) in [5, 5.41) is 21.9. The average molecular weight is 187 g/mol. The second-order valence-corrected chi connectivity index (χ2v) is 4.12. The largest absolute Gasteiger partial charge is 0.394 e. The lowest BCUT2D eigenvalue weighted by atomic mass is 9.87. The summed E-state index contributed by atoms with van der Waals surface area (Å²) in [4.78, 5) is 0. The molecule has 1 rings (SSSR count). The summed E-state index contributed by atoms with van der Waals surface area (Å²) in [6.07, 6.45) is 5.48. The Labute approximate surface area is 80.2 Å². The molecule has 0 bridgehead atoms. The minimum absolute atomic E-state index is 0.0356. The van der Waals surface area contributed by atoms with Gasteiger partial charge in [0, 0.05) is 6.04 Å². The van der Waals surface area contributed by atoms with Crippen LogP contribution in [0.2, 0.25) is 0 Å². The second-order valence-electron chi connectivity index (χ2n) is 4.12. The maximum absolute atomic E-state index is 9.25. The van der Waals surface area contributed by atoms with Crippen LogP contribution in [0.4, 0.5) is 0 Å². The van der Waals surface area contributed by atoms with Crippen molar-refractivity contribution in [2.45, 2.75) is 50.6 Å². The fourth-order valence-electron chi connectivity index (χ4n) is 1.84. The smallest absolute Gasteiger partial charge is 0.0650 e. The maximum Gasteiger partial charge on any atom is 0.0650 e. The first-order valence-electron chi connectivity index (χ1n) is 5.26. The van der Waals surface area contributed by atoms with Crippen molar-refractivity contribution in [3.05, 3.63) is 0 Å². The summed E-state index contributed by atoms with van der Waals surface area (Å²) < 4.78 is 0. The molecule has 0 amide bonds. The van der Waals surface area contributed by atoms with Crippen LogP contribution in [0, 0.1) is 0 Å². The van der Waals surface area contributed by atoms with E-state index in [1.54, 1.807) is 0 Å². The molecule has 3 nitrogen and oxygen atoms in total. The number of aliphatic hydroxyl groups excluding tert-OH is 2. The predicted octanol–water partition coefficient (Wildman–Crippen LogP) is 0.652. The number of nitrogens with one attached hydrogen (secondary N) is 1. The van der Waals surface area contributed by atoms with Crippen molar-refractivity contribution in [1.29, 1.82) is 0 Å². The molecule has 1 aliphatic rings. The summed E-state index contributed by atoms with van der Waals surface area (Å²) in [7, 11) is 0. The van der Waals surface area contributed by atoms with Crippen LogP contribution in [0.5, 0.6) is 0 Å². The van der Waals surface area contributed by atoms with E-state index < -0.39 is 5.54 Å². The molecule has 1 aliphatic carbocycles. The van der Waals surface area contributed by atoms with E-state index in [4.69, 9.17) is 0 Å². The van der Waals surface area contributed by atoms with Crippen LogP contribution in [-0.2, 0) is 0 Å². The Bertz CT molecular complexity index is 142. The third-order valence-electron chi connectivity index (χ3n) is 2.95. The van der Waals surface area contributed by atoms with E-state index in [9.17, 15) is 10.2 Å². The van der Waals surface area contributed by atoms with Gasteiger partial charge in [-0.15, -0.1) is 0 Å². The molecule has 3 N–H and O–H groups in total. The molecular weight excluding hydrogens is 166 g/mol. The lowest BCUT2D eigenvalue weighted by molar-refractivity contribution is 0.0626. The van der Waals surface area contributed by atoms with Gasteiger partial charge in [0.25, 0.3) is 0 Å². The topological polar surface area (TPSA) is 52.5 Å². The molecule has 0 atom stereocenters. The van der Waals surface area contributed by atoms with Crippen LogP contribution in [0.1, 0.15) is 39.0 Å². The predicted molar refractivity (Wildman–Crippen MR) is 52.6 cm³/mol. The molecule has 78 valence electrons. The van der Waals surface area contributed by atoms with Gasteiger partial charge in [-0.3, -0.25) is 0 Å². The van der Waals surface area contributed by atoms with Crippen LogP contribution in [-0.4, -0.2) is 35.0 Å². The molecule has 1 fully saturated rings. The summed E-state index contributed by atoms with van der Waals surface area (Å²) >= 11 is 0. The van der Waals surface area contributed by atoms with Gasteiger partial charge in [-0.05, 0) is 19.3 Å². The Balaban J connectivity index is 2.42. The first kappa shape index (κ1) is 11.0. The zero-order valence-corrected chi connectivity index (χ0v) is 8.42. The van der Waals surface area contributed by atoms with Gasteiger partial charge in [-0.25, -0.2) is 0 Å². The zero-order chi connectivity index (χ0) is 9.73. The highest BCUT2D eigenvalue weighted by Crippen LogP contribution is 2.23. The number of rotatable bonds is 6. The van der Waals surface area contributed by atoms with E-state index in [1.165, 1.54) is 19.3 Å². The quantitative estimate of drug-likeness (QED) is 0.572. The molecule has 13 heavy (non-hydrogen) atoms. The van der Waals surface area contributed by atoms with Crippen LogP contribution >= 0.6 is 0 Å². The SMILES string of the molecule is CCCC(CO)(CO)NC1CCC1. The van der Waals surface area contributed by atoms with Crippen molar-refractivity contribution >= 4 is 0 Å². The lowest BCUT2D eigenvalue weighted by Gasteiger charge is -2.39. The molecule has 0 aromatic rings. The Morgan fingerprint density at radius 2 is 1.92 bits per heavy atom. The molecule has 0 aromatic heterocycles. The minimum Gasteiger partial charge on any atom is -0.394 e. The number of hydrogen-bond donors (Lipinski definition) is 3. The van der Waals surface area contributed by atoms with E-state index in [1.807, 2.05) is 0 Å². The molecule has 0 unspecified atom stereocenters.